The molecular formula is C15H19N5O3. The van der Waals surface area contributed by atoms with E-state index in [0.29, 0.717) is 35.6 Å². The van der Waals surface area contributed by atoms with Crippen molar-refractivity contribution in [2.75, 3.05) is 38.5 Å². The van der Waals surface area contributed by atoms with Crippen LogP contribution in [0.1, 0.15) is 0 Å². The smallest absolute Gasteiger partial charge is 0.244 e. The summed E-state index contributed by atoms with van der Waals surface area (Å²) >= 11 is 0. The maximum Gasteiger partial charge on any atom is 0.244 e. The van der Waals surface area contributed by atoms with Crippen LogP contribution in [0.2, 0.25) is 0 Å². The standard InChI is InChI=1S/C15H19N5O3/c1-5-6-16-15-19-13(9-17-20-15)18-10-7-11(21-2)14(23-4)12(8-10)22-3/h5,7-9H,1,6H2,2-4H3,(H2,16,18,19,20). The highest BCUT2D eigenvalue weighted by Crippen LogP contribution is 2.40. The van der Waals surface area contributed by atoms with Gasteiger partial charge in [0, 0.05) is 24.4 Å². The van der Waals surface area contributed by atoms with Gasteiger partial charge in [0.05, 0.1) is 27.5 Å². The molecule has 0 fully saturated rings. The van der Waals surface area contributed by atoms with Gasteiger partial charge in [0.15, 0.2) is 17.3 Å². The number of benzene rings is 1. The van der Waals surface area contributed by atoms with Gasteiger partial charge in [-0.05, 0) is 0 Å². The molecule has 0 saturated carbocycles. The predicted molar refractivity (Wildman–Crippen MR) is 87.9 cm³/mol. The number of nitrogens with zero attached hydrogens (tertiary/aromatic N) is 3. The lowest BCUT2D eigenvalue weighted by Gasteiger charge is -2.14. The minimum Gasteiger partial charge on any atom is -0.493 e. The first-order valence-electron chi connectivity index (χ1n) is 6.83. The molecule has 8 heteroatoms. The normalized spacial score (nSPS) is 9.87. The lowest BCUT2D eigenvalue weighted by atomic mass is 10.2. The third-order valence-electron chi connectivity index (χ3n) is 2.90. The summed E-state index contributed by atoms with van der Waals surface area (Å²) in [6.45, 7) is 4.18. The number of hydrogen-bond acceptors (Lipinski definition) is 8. The summed E-state index contributed by atoms with van der Waals surface area (Å²) in [6.07, 6.45) is 3.23. The molecule has 0 saturated heterocycles. The number of anilines is 3. The van der Waals surface area contributed by atoms with E-state index in [-0.39, 0.29) is 0 Å². The van der Waals surface area contributed by atoms with Gasteiger partial charge in [-0.1, -0.05) is 6.08 Å². The van der Waals surface area contributed by atoms with Gasteiger partial charge in [0.2, 0.25) is 11.7 Å². The third kappa shape index (κ3) is 4.00. The Morgan fingerprint density at radius 1 is 1.13 bits per heavy atom. The Kier molecular flexibility index (Phi) is 5.56. The molecule has 0 spiro atoms. The highest BCUT2D eigenvalue weighted by molar-refractivity contribution is 5.66. The molecule has 2 rings (SSSR count). The molecule has 1 heterocycles. The highest BCUT2D eigenvalue weighted by Gasteiger charge is 2.13. The Hall–Kier alpha value is -3.03. The van der Waals surface area contributed by atoms with Crippen molar-refractivity contribution in [3.63, 3.8) is 0 Å². The van der Waals surface area contributed by atoms with Crippen LogP contribution < -0.4 is 24.8 Å². The van der Waals surface area contributed by atoms with Gasteiger partial charge in [0.1, 0.15) is 0 Å². The predicted octanol–water partition coefficient (Wildman–Crippen LogP) is 2.24. The molecule has 0 aliphatic rings. The molecule has 1 aromatic heterocycles. The zero-order valence-corrected chi connectivity index (χ0v) is 13.3. The van der Waals surface area contributed by atoms with Crippen LogP contribution in [-0.2, 0) is 0 Å². The largest absolute Gasteiger partial charge is 0.493 e. The van der Waals surface area contributed by atoms with Crippen molar-refractivity contribution < 1.29 is 14.2 Å². The molecule has 0 amide bonds. The summed E-state index contributed by atoms with van der Waals surface area (Å²) in [6, 6.07) is 3.56. The number of rotatable bonds is 8. The van der Waals surface area contributed by atoms with Gasteiger partial charge in [-0.3, -0.25) is 0 Å². The zero-order valence-electron chi connectivity index (χ0n) is 13.3. The van der Waals surface area contributed by atoms with Crippen LogP contribution in [0.4, 0.5) is 17.5 Å². The van der Waals surface area contributed by atoms with Crippen molar-refractivity contribution in [3.8, 4) is 17.2 Å². The van der Waals surface area contributed by atoms with E-state index >= 15 is 0 Å². The van der Waals surface area contributed by atoms with Crippen LogP contribution in [0.5, 0.6) is 17.2 Å². The van der Waals surface area contributed by atoms with E-state index in [1.54, 1.807) is 39.5 Å². The second-order valence-corrected chi connectivity index (χ2v) is 4.37. The molecule has 0 aliphatic heterocycles. The van der Waals surface area contributed by atoms with E-state index in [1.807, 2.05) is 0 Å². The van der Waals surface area contributed by atoms with Crippen LogP contribution in [0.15, 0.2) is 31.0 Å². The van der Waals surface area contributed by atoms with Crippen molar-refractivity contribution in [2.24, 2.45) is 0 Å². The lowest BCUT2D eigenvalue weighted by Crippen LogP contribution is -2.06. The molecule has 2 N–H and O–H groups in total. The molecule has 0 atom stereocenters. The van der Waals surface area contributed by atoms with E-state index in [1.165, 1.54) is 6.20 Å². The van der Waals surface area contributed by atoms with E-state index in [4.69, 9.17) is 14.2 Å². The average molecular weight is 317 g/mol. The van der Waals surface area contributed by atoms with Gasteiger partial charge in [-0.25, -0.2) is 0 Å². The first-order chi connectivity index (χ1) is 11.2. The third-order valence-corrected chi connectivity index (χ3v) is 2.90. The molecule has 0 unspecified atom stereocenters. The van der Waals surface area contributed by atoms with E-state index in [9.17, 15) is 0 Å². The van der Waals surface area contributed by atoms with Crippen molar-refractivity contribution in [1.29, 1.82) is 0 Å². The van der Waals surface area contributed by atoms with Gasteiger partial charge in [-0.2, -0.15) is 10.1 Å². The molecule has 0 radical (unpaired) electrons. The molecule has 122 valence electrons. The Labute approximate surface area is 134 Å². The highest BCUT2D eigenvalue weighted by atomic mass is 16.5. The summed E-state index contributed by atoms with van der Waals surface area (Å²) in [4.78, 5) is 4.30. The van der Waals surface area contributed by atoms with Gasteiger partial charge >= 0.3 is 0 Å². The minimum atomic E-state index is 0.405. The Balaban J connectivity index is 2.27. The second-order valence-electron chi connectivity index (χ2n) is 4.37. The number of nitrogens with one attached hydrogen (secondary N) is 2. The Morgan fingerprint density at radius 2 is 1.83 bits per heavy atom. The molecule has 1 aromatic carbocycles. The lowest BCUT2D eigenvalue weighted by molar-refractivity contribution is 0.324. The molecule has 23 heavy (non-hydrogen) atoms. The second kappa shape index (κ2) is 7.83. The maximum atomic E-state index is 5.32. The van der Waals surface area contributed by atoms with Crippen molar-refractivity contribution in [3.05, 3.63) is 31.0 Å². The molecule has 2 aromatic rings. The zero-order chi connectivity index (χ0) is 16.7. The van der Waals surface area contributed by atoms with E-state index in [2.05, 4.69) is 32.4 Å². The number of aromatic nitrogens is 3. The van der Waals surface area contributed by atoms with Crippen molar-refractivity contribution in [2.45, 2.75) is 0 Å². The van der Waals surface area contributed by atoms with E-state index < -0.39 is 0 Å². The number of hydrogen-bond donors (Lipinski definition) is 2. The van der Waals surface area contributed by atoms with Crippen molar-refractivity contribution >= 4 is 17.5 Å². The summed E-state index contributed by atoms with van der Waals surface area (Å²) < 4.78 is 15.9. The fourth-order valence-corrected chi connectivity index (χ4v) is 1.90. The van der Waals surface area contributed by atoms with Crippen LogP contribution >= 0.6 is 0 Å². The summed E-state index contributed by atoms with van der Waals surface area (Å²) in [5.74, 6) is 2.54. The average Bonchev–Trinajstić information content (AvgIpc) is 2.59. The summed E-state index contributed by atoms with van der Waals surface area (Å²) in [5.41, 5.74) is 0.717. The Bertz CT molecular complexity index is 653. The maximum absolute atomic E-state index is 5.32. The monoisotopic (exact) mass is 317 g/mol. The van der Waals surface area contributed by atoms with Gasteiger partial charge in [-0.15, -0.1) is 11.7 Å². The van der Waals surface area contributed by atoms with Gasteiger partial charge in [0.25, 0.3) is 0 Å². The Morgan fingerprint density at radius 3 is 2.39 bits per heavy atom. The SMILES string of the molecule is C=CCNc1nncc(Nc2cc(OC)c(OC)c(OC)c2)n1. The van der Waals surface area contributed by atoms with Gasteiger partial charge < -0.3 is 24.8 Å². The number of ether oxygens (including phenoxy) is 3. The fourth-order valence-electron chi connectivity index (χ4n) is 1.90. The molecule has 8 nitrogen and oxygen atoms in total. The first-order valence-corrected chi connectivity index (χ1v) is 6.83. The van der Waals surface area contributed by atoms with Crippen LogP contribution in [0.25, 0.3) is 0 Å². The van der Waals surface area contributed by atoms with Crippen LogP contribution in [0, 0.1) is 0 Å². The summed E-state index contributed by atoms with van der Waals surface area (Å²) in [5, 5.41) is 13.9. The summed E-state index contributed by atoms with van der Waals surface area (Å²) in [7, 11) is 4.68. The molecule has 0 bridgehead atoms. The first kappa shape index (κ1) is 16.3. The molecular weight excluding hydrogens is 298 g/mol. The van der Waals surface area contributed by atoms with Crippen molar-refractivity contribution in [1.82, 2.24) is 15.2 Å². The topological polar surface area (TPSA) is 90.4 Å². The molecule has 0 aliphatic carbocycles. The van der Waals surface area contributed by atoms with E-state index in [0.717, 1.165) is 5.69 Å². The fraction of sp³-hybridized carbons (Fsp3) is 0.267. The van der Waals surface area contributed by atoms with Crippen LogP contribution in [0.3, 0.4) is 0 Å². The quantitative estimate of drug-likeness (QED) is 0.716. The number of methoxy groups -OCH3 is 3. The minimum absolute atomic E-state index is 0.405. The van der Waals surface area contributed by atoms with Crippen LogP contribution in [-0.4, -0.2) is 43.1 Å².